The summed E-state index contributed by atoms with van der Waals surface area (Å²) in [6, 6.07) is -0.111. The second kappa shape index (κ2) is 13.0. The molecule has 2 aliphatic heterocycles. The topological polar surface area (TPSA) is 137 Å². The monoisotopic (exact) mass is 552 g/mol. The lowest BCUT2D eigenvalue weighted by atomic mass is 9.95. The number of hydrogen-bond acceptors (Lipinski definition) is 8. The Morgan fingerprint density at radius 3 is 2.41 bits per heavy atom. The number of esters is 1. The van der Waals surface area contributed by atoms with E-state index in [1.807, 2.05) is 0 Å². The van der Waals surface area contributed by atoms with Crippen molar-refractivity contribution >= 4 is 52.4 Å². The van der Waals surface area contributed by atoms with Crippen molar-refractivity contribution in [1.29, 1.82) is 0 Å². The number of amides is 2. The lowest BCUT2D eigenvalue weighted by Crippen LogP contribution is -2.70. The lowest BCUT2D eigenvalue weighted by molar-refractivity contribution is -0.150. The van der Waals surface area contributed by atoms with Crippen molar-refractivity contribution < 1.29 is 29.0 Å². The Balaban J connectivity index is 1.34. The molecule has 0 aromatic carbocycles. The maximum atomic E-state index is 12.8. The van der Waals surface area contributed by atoms with E-state index < -0.39 is 29.3 Å². The first kappa shape index (κ1) is 27.8. The molecule has 0 spiro atoms. The zero-order valence-corrected chi connectivity index (χ0v) is 22.8. The van der Waals surface area contributed by atoms with E-state index in [-0.39, 0.29) is 24.0 Å². The largest absolute Gasteiger partial charge is 0.477 e. The normalized spacial score (nSPS) is 25.3. The number of nitrogens with zero attached hydrogens (tertiary/aromatic N) is 2. The molecule has 10 nitrogen and oxygen atoms in total. The second-order valence-electron chi connectivity index (χ2n) is 9.99. The highest BCUT2D eigenvalue weighted by Gasteiger charge is 2.54. The third-order valence-electron chi connectivity index (χ3n) is 7.16. The van der Waals surface area contributed by atoms with Crippen LogP contribution in [-0.2, 0) is 23.9 Å². The van der Waals surface area contributed by atoms with Crippen LogP contribution >= 0.6 is 23.5 Å². The van der Waals surface area contributed by atoms with E-state index in [1.165, 1.54) is 73.9 Å². The number of hydrogen-bond donors (Lipinski definition) is 3. The van der Waals surface area contributed by atoms with Gasteiger partial charge >= 0.3 is 11.9 Å². The fourth-order valence-corrected chi connectivity index (χ4v) is 7.40. The molecule has 3 fully saturated rings. The molecule has 0 aromatic heterocycles. The zero-order chi connectivity index (χ0) is 26.4. The Labute approximate surface area is 225 Å². The first-order valence-corrected chi connectivity index (χ1v) is 15.2. The molecule has 0 bridgehead atoms. The molecule has 0 unspecified atom stereocenters. The number of rotatable bonds is 8. The molecule has 3 N–H and O–H groups in total. The highest BCUT2D eigenvalue weighted by atomic mass is 32.2. The number of aliphatic carboxylic acids is 1. The minimum Gasteiger partial charge on any atom is -0.477 e. The molecule has 2 atom stereocenters. The van der Waals surface area contributed by atoms with Gasteiger partial charge in [-0.15, -0.1) is 11.8 Å². The van der Waals surface area contributed by atoms with E-state index in [9.17, 15) is 24.3 Å². The van der Waals surface area contributed by atoms with Gasteiger partial charge in [-0.25, -0.2) is 4.79 Å². The zero-order valence-electron chi connectivity index (χ0n) is 21.2. The van der Waals surface area contributed by atoms with Gasteiger partial charge in [0.05, 0.1) is 11.8 Å². The Hall–Kier alpha value is -2.21. The van der Waals surface area contributed by atoms with Crippen LogP contribution in [0.3, 0.4) is 0 Å². The Morgan fingerprint density at radius 1 is 1.08 bits per heavy atom. The van der Waals surface area contributed by atoms with Gasteiger partial charge in [0, 0.05) is 24.3 Å². The molecular formula is C25H36N4O6S2. The fourth-order valence-electron chi connectivity index (χ4n) is 5.25. The number of thioether (sulfide) groups is 2. The van der Waals surface area contributed by atoms with E-state index >= 15 is 0 Å². The molecule has 37 heavy (non-hydrogen) atoms. The van der Waals surface area contributed by atoms with Crippen LogP contribution in [0.1, 0.15) is 71.1 Å². The van der Waals surface area contributed by atoms with Crippen LogP contribution in [0, 0.1) is 0 Å². The summed E-state index contributed by atoms with van der Waals surface area (Å²) in [5.74, 6) is -2.09. The fraction of sp³-hybridized carbons (Fsp3) is 0.720. The van der Waals surface area contributed by atoms with Gasteiger partial charge in [0.15, 0.2) is 5.17 Å². The average molecular weight is 553 g/mol. The maximum absolute atomic E-state index is 12.8. The maximum Gasteiger partial charge on any atom is 0.352 e. The predicted octanol–water partition coefficient (Wildman–Crippen LogP) is 2.63. The van der Waals surface area contributed by atoms with Gasteiger partial charge in [-0.1, -0.05) is 50.3 Å². The molecule has 2 aliphatic carbocycles. The van der Waals surface area contributed by atoms with E-state index in [0.717, 1.165) is 30.9 Å². The molecule has 2 saturated carbocycles. The SMILES string of the molecule is CC(=O)OCC1=C(C(=O)O)N2C(=O)[C@@H](NC(=O)CSC(=NC3CCCCC3)NC3CCCCC3)[C@H]2SC1. The van der Waals surface area contributed by atoms with Crippen LogP contribution < -0.4 is 10.6 Å². The van der Waals surface area contributed by atoms with Crippen molar-refractivity contribution in [3.8, 4) is 0 Å². The predicted molar refractivity (Wildman–Crippen MR) is 143 cm³/mol. The number of aliphatic imine (C=N–C) groups is 1. The number of β-lactam (4-membered cyclic amide) rings is 1. The third kappa shape index (κ3) is 7.22. The number of fused-ring (bicyclic) bond motifs is 1. The van der Waals surface area contributed by atoms with Crippen LogP contribution in [0.2, 0.25) is 0 Å². The lowest BCUT2D eigenvalue weighted by Gasteiger charge is -2.49. The number of amidine groups is 1. The van der Waals surface area contributed by atoms with Gasteiger partial charge in [0.2, 0.25) is 5.91 Å². The summed E-state index contributed by atoms with van der Waals surface area (Å²) >= 11 is 2.74. The van der Waals surface area contributed by atoms with Gasteiger partial charge in [-0.05, 0) is 25.7 Å². The van der Waals surface area contributed by atoms with Crippen LogP contribution in [0.15, 0.2) is 16.3 Å². The van der Waals surface area contributed by atoms with Gasteiger partial charge in [-0.3, -0.25) is 24.3 Å². The van der Waals surface area contributed by atoms with Crippen LogP contribution in [0.5, 0.6) is 0 Å². The summed E-state index contributed by atoms with van der Waals surface area (Å²) in [5, 5.41) is 16.4. The van der Waals surface area contributed by atoms with Gasteiger partial charge < -0.3 is 20.5 Å². The van der Waals surface area contributed by atoms with E-state index in [4.69, 9.17) is 9.73 Å². The number of carboxylic acid groups (broad SMARTS) is 1. The highest BCUT2D eigenvalue weighted by molar-refractivity contribution is 8.14. The molecular weight excluding hydrogens is 516 g/mol. The van der Waals surface area contributed by atoms with Crippen molar-refractivity contribution in [2.45, 2.75) is 94.6 Å². The summed E-state index contributed by atoms with van der Waals surface area (Å²) in [6.45, 7) is 1.07. The van der Waals surface area contributed by atoms with Crippen LogP contribution in [0.4, 0.5) is 0 Å². The number of ether oxygens (including phenoxy) is 1. The summed E-state index contributed by atoms with van der Waals surface area (Å²) in [4.78, 5) is 54.8. The quantitative estimate of drug-likeness (QED) is 0.180. The van der Waals surface area contributed by atoms with Crippen LogP contribution in [-0.4, -0.2) is 80.5 Å². The number of carbonyl (C=O) groups excluding carboxylic acids is 3. The first-order valence-electron chi connectivity index (χ1n) is 13.1. The van der Waals surface area contributed by atoms with E-state index in [0.29, 0.717) is 23.4 Å². The molecule has 1 saturated heterocycles. The molecule has 12 heteroatoms. The van der Waals surface area contributed by atoms with E-state index in [2.05, 4.69) is 10.6 Å². The van der Waals surface area contributed by atoms with Crippen molar-refractivity contribution in [3.05, 3.63) is 11.3 Å². The number of carboxylic acids is 1. The third-order valence-corrected chi connectivity index (χ3v) is 9.41. The first-order chi connectivity index (χ1) is 17.8. The molecule has 0 radical (unpaired) electrons. The van der Waals surface area contributed by atoms with Crippen LogP contribution in [0.25, 0.3) is 0 Å². The van der Waals surface area contributed by atoms with Crippen molar-refractivity contribution in [1.82, 2.24) is 15.5 Å². The van der Waals surface area contributed by atoms with Gasteiger partial charge in [0.25, 0.3) is 5.91 Å². The summed E-state index contributed by atoms with van der Waals surface area (Å²) in [5.41, 5.74) is 0.212. The van der Waals surface area contributed by atoms with E-state index in [1.54, 1.807) is 0 Å². The summed E-state index contributed by atoms with van der Waals surface area (Å²) in [6.07, 6.45) is 11.7. The minimum atomic E-state index is -1.25. The van der Waals surface area contributed by atoms with Crippen molar-refractivity contribution in [2.75, 3.05) is 18.1 Å². The van der Waals surface area contributed by atoms with Gasteiger partial charge in [0.1, 0.15) is 23.7 Å². The smallest absolute Gasteiger partial charge is 0.352 e. The molecule has 2 heterocycles. The Morgan fingerprint density at radius 2 is 1.76 bits per heavy atom. The Bertz CT molecular complexity index is 959. The summed E-state index contributed by atoms with van der Waals surface area (Å²) < 4.78 is 4.96. The number of nitrogens with one attached hydrogen (secondary N) is 2. The highest BCUT2D eigenvalue weighted by Crippen LogP contribution is 2.40. The molecule has 204 valence electrons. The van der Waals surface area contributed by atoms with Gasteiger partial charge in [-0.2, -0.15) is 0 Å². The minimum absolute atomic E-state index is 0.131. The summed E-state index contributed by atoms with van der Waals surface area (Å²) in [7, 11) is 0. The van der Waals surface area contributed by atoms with Crippen molar-refractivity contribution in [2.24, 2.45) is 4.99 Å². The Kier molecular flexibility index (Phi) is 9.80. The number of carbonyl (C=O) groups is 4. The molecule has 4 rings (SSSR count). The van der Waals surface area contributed by atoms with Crippen molar-refractivity contribution in [3.63, 3.8) is 0 Å². The molecule has 0 aromatic rings. The molecule has 4 aliphatic rings. The average Bonchev–Trinajstić information content (AvgIpc) is 2.89. The second-order valence-corrected chi connectivity index (χ2v) is 12.1. The standard InChI is InChI=1S/C25H36N4O6S2/c1-15(30)35-12-16-13-36-23-20(22(32)29(23)21(16)24(33)34)28-19(31)14-37-25(26-17-8-4-2-5-9-17)27-18-10-6-3-7-11-18/h17-18,20,23H,2-14H2,1H3,(H,26,27)(H,28,31)(H,33,34)/t20-,23-/m1/s1. The molecule has 2 amide bonds.